The molecule has 4 nitrogen and oxygen atoms in total. The van der Waals surface area contributed by atoms with Crippen LogP contribution in [0.2, 0.25) is 0 Å². The summed E-state index contributed by atoms with van der Waals surface area (Å²) in [6, 6.07) is 9.13. The minimum Gasteiger partial charge on any atom is -0.386 e. The Morgan fingerprint density at radius 1 is 1.31 bits per heavy atom. The summed E-state index contributed by atoms with van der Waals surface area (Å²) in [6.07, 6.45) is 0. The monoisotopic (exact) mass is 218 g/mol. The number of aliphatic hydroxyl groups is 1. The van der Waals surface area contributed by atoms with Gasteiger partial charge >= 0.3 is 0 Å². The van der Waals surface area contributed by atoms with Gasteiger partial charge in [-0.3, -0.25) is 0 Å². The third-order valence-corrected chi connectivity index (χ3v) is 2.38. The maximum absolute atomic E-state index is 9.89. The lowest BCUT2D eigenvalue weighted by Gasteiger charge is -2.17. The number of nitrogens with two attached hydrogens (primary N) is 1. The summed E-state index contributed by atoms with van der Waals surface area (Å²) in [6.45, 7) is 3.47. The largest absolute Gasteiger partial charge is 0.386 e. The molecule has 0 radical (unpaired) electrons. The van der Waals surface area contributed by atoms with Gasteiger partial charge in [0.05, 0.1) is 5.60 Å². The summed E-state index contributed by atoms with van der Waals surface area (Å²) in [7, 11) is 0. The molecule has 4 heteroatoms. The van der Waals surface area contributed by atoms with Crippen molar-refractivity contribution in [2.24, 2.45) is 0 Å². The van der Waals surface area contributed by atoms with Crippen LogP contribution in [-0.2, 0) is 5.60 Å². The average molecular weight is 218 g/mol. The number of anilines is 1. The van der Waals surface area contributed by atoms with Gasteiger partial charge < -0.3 is 15.4 Å². The van der Waals surface area contributed by atoms with E-state index in [1.807, 2.05) is 24.3 Å². The van der Waals surface area contributed by atoms with Gasteiger partial charge in [0.25, 0.3) is 0 Å². The molecule has 0 saturated heterocycles. The molecule has 84 valence electrons. The van der Waals surface area contributed by atoms with Crippen LogP contribution in [0.4, 0.5) is 5.82 Å². The summed E-state index contributed by atoms with van der Waals surface area (Å²) in [5.41, 5.74) is 6.28. The van der Waals surface area contributed by atoms with Crippen molar-refractivity contribution in [1.82, 2.24) is 5.16 Å². The topological polar surface area (TPSA) is 72.3 Å². The number of nitrogens with zero attached hydrogens (tertiary/aromatic N) is 1. The summed E-state index contributed by atoms with van der Waals surface area (Å²) in [5, 5.41) is 13.5. The zero-order valence-corrected chi connectivity index (χ0v) is 9.27. The van der Waals surface area contributed by atoms with Crippen molar-refractivity contribution < 1.29 is 9.63 Å². The minimum absolute atomic E-state index is 0.351. The molecule has 2 rings (SSSR count). The molecule has 1 aromatic carbocycles. The highest BCUT2D eigenvalue weighted by atomic mass is 16.5. The van der Waals surface area contributed by atoms with Crippen molar-refractivity contribution in [3.8, 4) is 11.3 Å². The van der Waals surface area contributed by atoms with Crippen LogP contribution in [0.25, 0.3) is 11.3 Å². The minimum atomic E-state index is -0.873. The predicted octanol–water partition coefficient (Wildman–Crippen LogP) is 2.15. The first-order chi connectivity index (χ1) is 7.47. The highest BCUT2D eigenvalue weighted by Gasteiger charge is 2.16. The predicted molar refractivity (Wildman–Crippen MR) is 61.6 cm³/mol. The Morgan fingerprint density at radius 3 is 2.62 bits per heavy atom. The lowest BCUT2D eigenvalue weighted by molar-refractivity contribution is 0.0786. The smallest absolute Gasteiger partial charge is 0.169 e. The molecule has 3 N–H and O–H groups in total. The van der Waals surface area contributed by atoms with E-state index in [0.717, 1.165) is 11.1 Å². The Hall–Kier alpha value is -1.81. The standard InChI is InChI=1S/C12H14N2O2/c1-12(2,15)9-5-3-4-8(6-9)10-7-11(13)14-16-10/h3-7,15H,1-2H3,(H2,13,14). The fourth-order valence-corrected chi connectivity index (χ4v) is 1.48. The Kier molecular flexibility index (Phi) is 2.44. The Balaban J connectivity index is 2.44. The van der Waals surface area contributed by atoms with E-state index < -0.39 is 5.60 Å². The molecule has 0 unspecified atom stereocenters. The number of aromatic nitrogens is 1. The molecule has 0 atom stereocenters. The molecule has 0 bridgehead atoms. The van der Waals surface area contributed by atoms with Crippen LogP contribution in [0.15, 0.2) is 34.9 Å². The molecular weight excluding hydrogens is 204 g/mol. The van der Waals surface area contributed by atoms with Gasteiger partial charge in [0.2, 0.25) is 0 Å². The van der Waals surface area contributed by atoms with E-state index in [9.17, 15) is 5.11 Å². The molecule has 0 aliphatic carbocycles. The molecule has 0 fully saturated rings. The third-order valence-electron chi connectivity index (χ3n) is 2.38. The molecule has 0 aliphatic heterocycles. The lowest BCUT2D eigenvalue weighted by Crippen LogP contribution is -2.15. The van der Waals surface area contributed by atoms with E-state index in [1.54, 1.807) is 19.9 Å². The molecule has 0 saturated carbocycles. The van der Waals surface area contributed by atoms with Gasteiger partial charge in [0.15, 0.2) is 11.6 Å². The number of rotatable bonds is 2. The molecule has 2 aromatic rings. The van der Waals surface area contributed by atoms with E-state index >= 15 is 0 Å². The van der Waals surface area contributed by atoms with Crippen LogP contribution in [0.5, 0.6) is 0 Å². The molecule has 1 heterocycles. The SMILES string of the molecule is CC(C)(O)c1cccc(-c2cc(N)no2)c1. The highest BCUT2D eigenvalue weighted by Crippen LogP contribution is 2.26. The average Bonchev–Trinajstić information content (AvgIpc) is 2.64. The normalized spacial score (nSPS) is 11.7. The van der Waals surface area contributed by atoms with Crippen LogP contribution in [-0.4, -0.2) is 10.3 Å². The van der Waals surface area contributed by atoms with Gasteiger partial charge in [-0.15, -0.1) is 0 Å². The molecule has 0 aliphatic rings. The van der Waals surface area contributed by atoms with Gasteiger partial charge in [-0.05, 0) is 25.5 Å². The second kappa shape index (κ2) is 3.64. The Labute approximate surface area is 93.7 Å². The van der Waals surface area contributed by atoms with Crippen molar-refractivity contribution in [1.29, 1.82) is 0 Å². The molecule has 16 heavy (non-hydrogen) atoms. The summed E-state index contributed by atoms with van der Waals surface area (Å²) in [5.74, 6) is 0.951. The van der Waals surface area contributed by atoms with Gasteiger partial charge in [0.1, 0.15) is 0 Å². The summed E-state index contributed by atoms with van der Waals surface area (Å²) in [4.78, 5) is 0. The first-order valence-electron chi connectivity index (χ1n) is 5.02. The number of nitrogen functional groups attached to an aromatic ring is 1. The fraction of sp³-hybridized carbons (Fsp3) is 0.250. The maximum Gasteiger partial charge on any atom is 0.169 e. The molecule has 0 spiro atoms. The van der Waals surface area contributed by atoms with Gasteiger partial charge in [-0.1, -0.05) is 23.4 Å². The fourth-order valence-electron chi connectivity index (χ4n) is 1.48. The van der Waals surface area contributed by atoms with E-state index in [1.165, 1.54) is 0 Å². The van der Waals surface area contributed by atoms with Crippen LogP contribution in [0.3, 0.4) is 0 Å². The second-order valence-corrected chi connectivity index (χ2v) is 4.26. The van der Waals surface area contributed by atoms with Crippen molar-refractivity contribution in [2.75, 3.05) is 5.73 Å². The number of hydrogen-bond acceptors (Lipinski definition) is 4. The highest BCUT2D eigenvalue weighted by molar-refractivity contribution is 5.61. The van der Waals surface area contributed by atoms with Crippen LogP contribution < -0.4 is 5.73 Å². The third kappa shape index (κ3) is 2.06. The molecular formula is C12H14N2O2. The first kappa shape index (κ1) is 10.7. The van der Waals surface area contributed by atoms with Crippen molar-refractivity contribution in [3.05, 3.63) is 35.9 Å². The van der Waals surface area contributed by atoms with Crippen LogP contribution >= 0.6 is 0 Å². The second-order valence-electron chi connectivity index (χ2n) is 4.26. The Morgan fingerprint density at radius 2 is 2.06 bits per heavy atom. The maximum atomic E-state index is 9.89. The van der Waals surface area contributed by atoms with Gasteiger partial charge in [-0.25, -0.2) is 0 Å². The summed E-state index contributed by atoms with van der Waals surface area (Å²) < 4.78 is 5.06. The van der Waals surface area contributed by atoms with Crippen molar-refractivity contribution in [2.45, 2.75) is 19.4 Å². The van der Waals surface area contributed by atoms with Crippen molar-refractivity contribution in [3.63, 3.8) is 0 Å². The summed E-state index contributed by atoms with van der Waals surface area (Å²) >= 11 is 0. The van der Waals surface area contributed by atoms with Crippen molar-refractivity contribution >= 4 is 5.82 Å². The molecule has 1 aromatic heterocycles. The lowest BCUT2D eigenvalue weighted by atomic mass is 9.96. The first-order valence-corrected chi connectivity index (χ1v) is 5.02. The zero-order chi connectivity index (χ0) is 11.8. The van der Waals surface area contributed by atoms with E-state index in [4.69, 9.17) is 10.3 Å². The van der Waals surface area contributed by atoms with Crippen LogP contribution in [0, 0.1) is 0 Å². The Bertz CT molecular complexity index is 498. The number of benzene rings is 1. The zero-order valence-electron chi connectivity index (χ0n) is 9.27. The van der Waals surface area contributed by atoms with Crippen LogP contribution in [0.1, 0.15) is 19.4 Å². The van der Waals surface area contributed by atoms with E-state index in [2.05, 4.69) is 5.16 Å². The number of hydrogen-bond donors (Lipinski definition) is 2. The van der Waals surface area contributed by atoms with E-state index in [-0.39, 0.29) is 0 Å². The van der Waals surface area contributed by atoms with E-state index in [0.29, 0.717) is 11.6 Å². The molecule has 0 amide bonds. The van der Waals surface area contributed by atoms with Gasteiger partial charge in [0, 0.05) is 11.6 Å². The van der Waals surface area contributed by atoms with Gasteiger partial charge in [-0.2, -0.15) is 0 Å². The quantitative estimate of drug-likeness (QED) is 0.810.